The van der Waals surface area contributed by atoms with E-state index in [1.54, 1.807) is 0 Å². The molecule has 0 spiro atoms. The van der Waals surface area contributed by atoms with Gasteiger partial charge < -0.3 is 9.80 Å². The zero-order chi connectivity index (χ0) is 20.9. The van der Waals surface area contributed by atoms with E-state index in [1.165, 1.54) is 6.42 Å². The molecule has 1 amide bonds. The van der Waals surface area contributed by atoms with E-state index in [0.29, 0.717) is 5.56 Å². The number of nitriles is 1. The average molecular weight is 479 g/mol. The van der Waals surface area contributed by atoms with Gasteiger partial charge in [-0.3, -0.25) is 4.79 Å². The van der Waals surface area contributed by atoms with Crippen LogP contribution in [0, 0.1) is 25.2 Å². The van der Waals surface area contributed by atoms with Crippen LogP contribution < -0.4 is 5.32 Å². The second-order valence-corrected chi connectivity index (χ2v) is 8.38. The second kappa shape index (κ2) is 11.2. The first kappa shape index (κ1) is 24.7. The predicted molar refractivity (Wildman–Crippen MR) is 117 cm³/mol. The molecule has 0 aromatic heterocycles. The molecule has 2 aromatic rings. The number of aryl methyl sites for hydroxylation is 2. The summed E-state index contributed by atoms with van der Waals surface area (Å²) in [7, 11) is 0. The molecule has 1 radical (unpaired) electrons. The number of carbonyl (C=O) groups excluding carboxylic acids is 1. The topological polar surface area (TPSA) is 52.9 Å². The normalized spacial score (nSPS) is 16.1. The fraction of sp³-hybridized carbons (Fsp3) is 0.440. The number of hydrogen-bond donors (Lipinski definition) is 1. The first-order valence-electron chi connectivity index (χ1n) is 10.7. The van der Waals surface area contributed by atoms with Gasteiger partial charge in [0.05, 0.1) is 24.7 Å². The molecule has 155 valence electrons. The maximum Gasteiger partial charge on any atom is 0.282 e. The van der Waals surface area contributed by atoms with Crippen molar-refractivity contribution in [2.24, 2.45) is 0 Å². The van der Waals surface area contributed by atoms with Crippen molar-refractivity contribution in [3.05, 3.63) is 64.7 Å². The van der Waals surface area contributed by atoms with Gasteiger partial charge in [0.2, 0.25) is 0 Å². The summed E-state index contributed by atoms with van der Waals surface area (Å²) >= 11 is 0. The van der Waals surface area contributed by atoms with Crippen LogP contribution in [-0.2, 0) is 44.0 Å². The number of anilines is 1. The Hall–Kier alpha value is -1.54. The molecule has 5 heteroatoms. The maximum atomic E-state index is 13.5. The van der Waals surface area contributed by atoms with Gasteiger partial charge >= 0.3 is 0 Å². The molecule has 0 bridgehead atoms. The third-order valence-corrected chi connectivity index (χ3v) is 6.34. The summed E-state index contributed by atoms with van der Waals surface area (Å²) in [6.07, 6.45) is 4.32. The van der Waals surface area contributed by atoms with Crippen molar-refractivity contribution in [1.82, 2.24) is 0 Å². The van der Waals surface area contributed by atoms with Crippen molar-refractivity contribution in [2.45, 2.75) is 59.0 Å². The smallest absolute Gasteiger partial charge is 0.282 e. The Morgan fingerprint density at radius 2 is 1.73 bits per heavy atom. The van der Waals surface area contributed by atoms with E-state index in [1.807, 2.05) is 50.2 Å². The SMILES string of the molecule is CCC(C(=O)Nc1c(C)cccc1C)[N+]1(Cc2cccc(C#N)c2)CCCCC1.[Y]. The van der Waals surface area contributed by atoms with E-state index >= 15 is 0 Å². The summed E-state index contributed by atoms with van der Waals surface area (Å²) in [5.74, 6) is 0.114. The molecule has 1 N–H and O–H groups in total. The number of amides is 1. The largest absolute Gasteiger partial charge is 0.320 e. The van der Waals surface area contributed by atoms with Crippen molar-refractivity contribution in [3.63, 3.8) is 0 Å². The summed E-state index contributed by atoms with van der Waals surface area (Å²) in [5, 5.41) is 12.5. The summed E-state index contributed by atoms with van der Waals surface area (Å²) in [5.41, 5.74) is 4.97. The van der Waals surface area contributed by atoms with Crippen LogP contribution in [-0.4, -0.2) is 29.5 Å². The first-order chi connectivity index (χ1) is 14.0. The van der Waals surface area contributed by atoms with Gasteiger partial charge in [-0.1, -0.05) is 37.3 Å². The molecule has 1 atom stereocenters. The van der Waals surface area contributed by atoms with E-state index in [9.17, 15) is 10.1 Å². The molecule has 1 unspecified atom stereocenters. The van der Waals surface area contributed by atoms with Crippen LogP contribution in [0.5, 0.6) is 0 Å². The second-order valence-electron chi connectivity index (χ2n) is 8.38. The van der Waals surface area contributed by atoms with Crippen molar-refractivity contribution in [2.75, 3.05) is 18.4 Å². The summed E-state index contributed by atoms with van der Waals surface area (Å²) in [6.45, 7) is 9.03. The minimum atomic E-state index is -0.0972. The minimum absolute atomic E-state index is 0. The molecule has 1 aliphatic heterocycles. The first-order valence-corrected chi connectivity index (χ1v) is 10.7. The number of nitrogens with zero attached hydrogens (tertiary/aromatic N) is 2. The van der Waals surface area contributed by atoms with Gasteiger partial charge in [-0.05, 0) is 56.4 Å². The summed E-state index contributed by atoms with van der Waals surface area (Å²) < 4.78 is 0.780. The number of quaternary nitrogens is 1. The number of piperidine rings is 1. The van der Waals surface area contributed by atoms with Gasteiger partial charge in [0.1, 0.15) is 6.54 Å². The molecule has 1 aliphatic rings. The van der Waals surface area contributed by atoms with Gasteiger partial charge in [0, 0.05) is 50.4 Å². The van der Waals surface area contributed by atoms with Crippen LogP contribution in [0.3, 0.4) is 0 Å². The minimum Gasteiger partial charge on any atom is -0.320 e. The van der Waals surface area contributed by atoms with Crippen LogP contribution >= 0.6 is 0 Å². The van der Waals surface area contributed by atoms with Crippen LogP contribution in [0.15, 0.2) is 42.5 Å². The fourth-order valence-electron chi connectivity index (χ4n) is 4.86. The molecule has 0 aliphatic carbocycles. The van der Waals surface area contributed by atoms with Crippen LogP contribution in [0.1, 0.15) is 54.9 Å². The van der Waals surface area contributed by atoms with Crippen molar-refractivity contribution >= 4 is 11.6 Å². The molecule has 1 saturated heterocycles. The Morgan fingerprint density at radius 3 is 2.33 bits per heavy atom. The molecule has 4 nitrogen and oxygen atoms in total. The molecule has 1 heterocycles. The summed E-state index contributed by atoms with van der Waals surface area (Å²) in [6, 6.07) is 16.1. The Kier molecular flexibility index (Phi) is 9.22. The third kappa shape index (κ3) is 5.58. The number of para-hydroxylation sites is 1. The van der Waals surface area contributed by atoms with E-state index < -0.39 is 0 Å². The average Bonchev–Trinajstić information content (AvgIpc) is 2.72. The molecule has 30 heavy (non-hydrogen) atoms. The van der Waals surface area contributed by atoms with Crippen LogP contribution in [0.4, 0.5) is 5.69 Å². The van der Waals surface area contributed by atoms with Crippen LogP contribution in [0.25, 0.3) is 0 Å². The molecular formula is C25H32N3OY+. The molecule has 3 rings (SSSR count). The third-order valence-electron chi connectivity index (χ3n) is 6.34. The van der Waals surface area contributed by atoms with E-state index in [4.69, 9.17) is 0 Å². The molecule has 2 aromatic carbocycles. The number of hydrogen-bond acceptors (Lipinski definition) is 2. The van der Waals surface area contributed by atoms with Gasteiger partial charge in [-0.15, -0.1) is 0 Å². The summed E-state index contributed by atoms with van der Waals surface area (Å²) in [4.78, 5) is 13.5. The van der Waals surface area contributed by atoms with Gasteiger partial charge in [0.15, 0.2) is 6.04 Å². The number of likely N-dealkylation sites (tertiary alicyclic amines) is 1. The van der Waals surface area contributed by atoms with E-state index in [0.717, 1.165) is 65.8 Å². The zero-order valence-corrected chi connectivity index (χ0v) is 21.3. The molecule has 0 saturated carbocycles. The molecule has 1 fully saturated rings. The maximum absolute atomic E-state index is 13.5. The predicted octanol–water partition coefficient (Wildman–Crippen LogP) is 5.09. The van der Waals surface area contributed by atoms with E-state index in [2.05, 4.69) is 24.4 Å². The van der Waals surface area contributed by atoms with Gasteiger partial charge in [0.25, 0.3) is 5.91 Å². The number of carbonyl (C=O) groups is 1. The Bertz CT molecular complexity index is 893. The quantitative estimate of drug-likeness (QED) is 0.587. The Morgan fingerprint density at radius 1 is 1.10 bits per heavy atom. The Labute approximate surface area is 206 Å². The standard InChI is InChI=1S/C25H31N3O.Y/c1-4-23(25(29)27-24-19(2)10-8-11-20(24)3)28(14-6-5-7-15-28)18-22-13-9-12-21(16-22)17-26;/h8-13,16,23H,4-7,14-15,18H2,1-3H3;/p+1. The van der Waals surface area contributed by atoms with E-state index in [-0.39, 0.29) is 44.7 Å². The number of nitrogens with one attached hydrogen (secondary N) is 1. The van der Waals surface area contributed by atoms with Gasteiger partial charge in [-0.2, -0.15) is 5.26 Å². The fourth-order valence-corrected chi connectivity index (χ4v) is 4.86. The number of rotatable bonds is 6. The monoisotopic (exact) mass is 479 g/mol. The zero-order valence-electron chi connectivity index (χ0n) is 18.4. The van der Waals surface area contributed by atoms with Crippen molar-refractivity contribution in [1.29, 1.82) is 5.26 Å². The van der Waals surface area contributed by atoms with Crippen LogP contribution in [0.2, 0.25) is 0 Å². The number of benzene rings is 2. The Balaban J connectivity index is 0.00000320. The van der Waals surface area contributed by atoms with Gasteiger partial charge in [-0.25, -0.2) is 0 Å². The van der Waals surface area contributed by atoms with Crippen molar-refractivity contribution < 1.29 is 42.0 Å². The molecular weight excluding hydrogens is 447 g/mol. The van der Waals surface area contributed by atoms with Crippen molar-refractivity contribution in [3.8, 4) is 6.07 Å².